The molecule has 2 aromatic rings. The van der Waals surface area contributed by atoms with Crippen LogP contribution in [0.1, 0.15) is 35.9 Å². The van der Waals surface area contributed by atoms with Gasteiger partial charge >= 0.3 is 0 Å². The third kappa shape index (κ3) is 6.79. The first kappa shape index (κ1) is 22.8. The summed E-state index contributed by atoms with van der Waals surface area (Å²) in [5.41, 5.74) is 4.71. The van der Waals surface area contributed by atoms with Gasteiger partial charge in [-0.1, -0.05) is 23.7 Å². The van der Waals surface area contributed by atoms with Crippen molar-refractivity contribution in [3.05, 3.63) is 51.8 Å². The fourth-order valence-electron chi connectivity index (χ4n) is 2.70. The molecule has 0 aliphatic carbocycles. The average molecular weight is 490 g/mol. The zero-order chi connectivity index (χ0) is 18.2. The zero-order valence-corrected chi connectivity index (χ0v) is 19.1. The van der Waals surface area contributed by atoms with Crippen LogP contribution >= 0.6 is 35.6 Å². The van der Waals surface area contributed by atoms with E-state index >= 15 is 0 Å². The van der Waals surface area contributed by atoms with Crippen molar-refractivity contribution in [2.24, 2.45) is 12.0 Å². The molecule has 0 amide bonds. The molecule has 0 atom stereocenters. The van der Waals surface area contributed by atoms with E-state index in [4.69, 9.17) is 16.6 Å². The number of aryl methyl sites for hydroxylation is 3. The molecule has 5 nitrogen and oxygen atoms in total. The van der Waals surface area contributed by atoms with E-state index in [0.29, 0.717) is 6.54 Å². The largest absolute Gasteiger partial charge is 0.357 e. The molecule has 0 bridgehead atoms. The van der Waals surface area contributed by atoms with Gasteiger partial charge in [0.2, 0.25) is 0 Å². The van der Waals surface area contributed by atoms with Crippen molar-refractivity contribution < 1.29 is 0 Å². The van der Waals surface area contributed by atoms with Gasteiger partial charge in [-0.2, -0.15) is 5.10 Å². The Morgan fingerprint density at radius 2 is 1.88 bits per heavy atom. The minimum atomic E-state index is 0. The van der Waals surface area contributed by atoms with Gasteiger partial charge in [-0.25, -0.2) is 4.99 Å². The smallest absolute Gasteiger partial charge is 0.191 e. The molecule has 7 heteroatoms. The highest BCUT2D eigenvalue weighted by Gasteiger charge is 2.08. The summed E-state index contributed by atoms with van der Waals surface area (Å²) in [6.45, 7) is 8.54. The molecule has 1 heterocycles. The Balaban J connectivity index is 0.00000338. The van der Waals surface area contributed by atoms with E-state index in [1.807, 2.05) is 30.8 Å². The van der Waals surface area contributed by atoms with Crippen molar-refractivity contribution in [3.8, 4) is 0 Å². The van der Waals surface area contributed by atoms with Crippen molar-refractivity contribution in [2.45, 2.75) is 40.2 Å². The van der Waals surface area contributed by atoms with Gasteiger partial charge in [0.1, 0.15) is 0 Å². The summed E-state index contributed by atoms with van der Waals surface area (Å²) in [4.78, 5) is 4.70. The number of nitrogens with zero attached hydrogens (tertiary/aromatic N) is 3. The van der Waals surface area contributed by atoms with E-state index in [9.17, 15) is 0 Å². The van der Waals surface area contributed by atoms with Gasteiger partial charge in [-0.3, -0.25) is 4.68 Å². The monoisotopic (exact) mass is 489 g/mol. The molecular formula is C19H29ClIN5. The Bertz CT molecular complexity index is 709. The highest BCUT2D eigenvalue weighted by Crippen LogP contribution is 2.13. The Kier molecular flexibility index (Phi) is 10.0. The fourth-order valence-corrected chi connectivity index (χ4v) is 2.82. The fraction of sp³-hybridized carbons (Fsp3) is 0.474. The molecule has 0 saturated carbocycles. The number of rotatable bonds is 7. The first-order chi connectivity index (χ1) is 12.0. The summed E-state index contributed by atoms with van der Waals surface area (Å²) in [5, 5.41) is 11.9. The molecular weight excluding hydrogens is 461 g/mol. The van der Waals surface area contributed by atoms with Crippen LogP contribution < -0.4 is 10.6 Å². The topological polar surface area (TPSA) is 54.2 Å². The normalized spacial score (nSPS) is 11.2. The number of nitrogens with one attached hydrogen (secondary N) is 2. The van der Waals surface area contributed by atoms with Crippen molar-refractivity contribution in [1.82, 2.24) is 20.4 Å². The van der Waals surface area contributed by atoms with Crippen LogP contribution in [0.5, 0.6) is 0 Å². The Morgan fingerprint density at radius 3 is 2.46 bits per heavy atom. The maximum absolute atomic E-state index is 5.92. The number of hydrogen-bond acceptors (Lipinski definition) is 2. The highest BCUT2D eigenvalue weighted by atomic mass is 127. The van der Waals surface area contributed by atoms with Crippen LogP contribution in [0.15, 0.2) is 29.3 Å². The molecule has 144 valence electrons. The Hall–Kier alpha value is -1.28. The van der Waals surface area contributed by atoms with E-state index in [-0.39, 0.29) is 24.0 Å². The minimum Gasteiger partial charge on any atom is -0.357 e. The predicted molar refractivity (Wildman–Crippen MR) is 121 cm³/mol. The van der Waals surface area contributed by atoms with Crippen molar-refractivity contribution in [1.29, 1.82) is 0 Å². The van der Waals surface area contributed by atoms with E-state index in [1.165, 1.54) is 16.8 Å². The van der Waals surface area contributed by atoms with Gasteiger partial charge in [0.05, 0.1) is 12.2 Å². The van der Waals surface area contributed by atoms with Crippen LogP contribution in [-0.2, 0) is 20.0 Å². The number of halogens is 2. The standard InChI is InChI=1S/C19H28ClN5.HI/c1-5-21-19(23-13-18-14(2)24-25(4)15(18)3)22-12-6-7-16-8-10-17(20)11-9-16;/h8-11H,5-7,12-13H2,1-4H3,(H2,21,22,23);1H. The van der Waals surface area contributed by atoms with Crippen molar-refractivity contribution in [3.63, 3.8) is 0 Å². The van der Waals surface area contributed by atoms with E-state index in [1.54, 1.807) is 0 Å². The lowest BCUT2D eigenvalue weighted by atomic mass is 10.1. The Labute approximate surface area is 178 Å². The molecule has 2 N–H and O–H groups in total. The number of aromatic nitrogens is 2. The summed E-state index contributed by atoms with van der Waals surface area (Å²) in [7, 11) is 1.97. The summed E-state index contributed by atoms with van der Waals surface area (Å²) in [5.74, 6) is 0.848. The number of aliphatic imine (C=N–C) groups is 1. The second kappa shape index (κ2) is 11.4. The van der Waals surface area contributed by atoms with Gasteiger partial charge < -0.3 is 10.6 Å². The van der Waals surface area contributed by atoms with Gasteiger partial charge in [-0.05, 0) is 51.3 Å². The van der Waals surface area contributed by atoms with Gasteiger partial charge in [0, 0.05) is 36.4 Å². The molecule has 1 aromatic carbocycles. The van der Waals surface area contributed by atoms with Crippen LogP contribution in [0.25, 0.3) is 0 Å². The molecule has 0 unspecified atom stereocenters. The van der Waals surface area contributed by atoms with Crippen LogP contribution in [-0.4, -0.2) is 28.8 Å². The second-order valence-electron chi connectivity index (χ2n) is 6.12. The molecule has 1 aromatic heterocycles. The van der Waals surface area contributed by atoms with Gasteiger partial charge in [-0.15, -0.1) is 24.0 Å². The lowest BCUT2D eigenvalue weighted by Crippen LogP contribution is -2.37. The van der Waals surface area contributed by atoms with Crippen LogP contribution in [0.3, 0.4) is 0 Å². The molecule has 0 saturated heterocycles. The van der Waals surface area contributed by atoms with Crippen molar-refractivity contribution in [2.75, 3.05) is 13.1 Å². The molecule has 0 aliphatic heterocycles. The van der Waals surface area contributed by atoms with Gasteiger partial charge in [0.25, 0.3) is 0 Å². The first-order valence-corrected chi connectivity index (χ1v) is 9.14. The summed E-state index contributed by atoms with van der Waals surface area (Å²) in [6.07, 6.45) is 2.06. The molecule has 26 heavy (non-hydrogen) atoms. The summed E-state index contributed by atoms with van der Waals surface area (Å²) >= 11 is 5.92. The quantitative estimate of drug-likeness (QED) is 0.268. The van der Waals surface area contributed by atoms with Crippen LogP contribution in [0.2, 0.25) is 5.02 Å². The molecule has 0 spiro atoms. The van der Waals surface area contributed by atoms with E-state index < -0.39 is 0 Å². The predicted octanol–water partition coefficient (Wildman–Crippen LogP) is 4.00. The van der Waals surface area contributed by atoms with Gasteiger partial charge in [0.15, 0.2) is 5.96 Å². The summed E-state index contributed by atoms with van der Waals surface area (Å²) < 4.78 is 1.91. The van der Waals surface area contributed by atoms with E-state index in [2.05, 4.69) is 41.7 Å². The van der Waals surface area contributed by atoms with Crippen LogP contribution in [0, 0.1) is 13.8 Å². The maximum Gasteiger partial charge on any atom is 0.191 e. The molecule has 0 aliphatic rings. The zero-order valence-electron chi connectivity index (χ0n) is 16.0. The third-order valence-electron chi connectivity index (χ3n) is 4.25. The highest BCUT2D eigenvalue weighted by molar-refractivity contribution is 14.0. The lowest BCUT2D eigenvalue weighted by Gasteiger charge is -2.11. The summed E-state index contributed by atoms with van der Waals surface area (Å²) in [6, 6.07) is 8.04. The number of benzene rings is 1. The first-order valence-electron chi connectivity index (χ1n) is 8.77. The SMILES string of the molecule is CCNC(=NCc1c(C)nn(C)c1C)NCCCc1ccc(Cl)cc1.I. The van der Waals surface area contributed by atoms with Crippen molar-refractivity contribution >= 4 is 41.5 Å². The second-order valence-corrected chi connectivity index (χ2v) is 6.56. The maximum atomic E-state index is 5.92. The molecule has 2 rings (SSSR count). The van der Waals surface area contributed by atoms with Crippen LogP contribution in [0.4, 0.5) is 0 Å². The third-order valence-corrected chi connectivity index (χ3v) is 4.50. The minimum absolute atomic E-state index is 0. The molecule has 0 radical (unpaired) electrons. The Morgan fingerprint density at radius 1 is 1.19 bits per heavy atom. The number of guanidine groups is 1. The number of hydrogen-bond donors (Lipinski definition) is 2. The molecule has 0 fully saturated rings. The average Bonchev–Trinajstić information content (AvgIpc) is 2.83. The van der Waals surface area contributed by atoms with E-state index in [0.717, 1.165) is 42.6 Å². The lowest BCUT2D eigenvalue weighted by molar-refractivity contribution is 0.729.